The molecule has 0 unspecified atom stereocenters. The predicted molar refractivity (Wildman–Crippen MR) is 79.9 cm³/mol. The van der Waals surface area contributed by atoms with Gasteiger partial charge in [-0.25, -0.2) is 4.98 Å². The third-order valence-electron chi connectivity index (χ3n) is 3.28. The van der Waals surface area contributed by atoms with Crippen LogP contribution in [0.5, 0.6) is 0 Å². The van der Waals surface area contributed by atoms with Crippen molar-refractivity contribution >= 4 is 0 Å². The number of hydrogen-bond donors (Lipinski definition) is 1. The maximum absolute atomic E-state index is 4.05. The molecule has 108 valence electrons. The SMILES string of the molecule is c1cn(-c2ccc(CNCCCn3ccnn3)cc2)cn1. The number of aromatic nitrogens is 5. The molecule has 21 heavy (non-hydrogen) atoms. The Morgan fingerprint density at radius 3 is 2.67 bits per heavy atom. The predicted octanol–water partition coefficient (Wildman–Crippen LogP) is 1.64. The Morgan fingerprint density at radius 1 is 1.05 bits per heavy atom. The summed E-state index contributed by atoms with van der Waals surface area (Å²) in [7, 11) is 0. The van der Waals surface area contributed by atoms with Crippen molar-refractivity contribution in [3.8, 4) is 5.69 Å². The Bertz CT molecular complexity index is 627. The van der Waals surface area contributed by atoms with Gasteiger partial charge in [0.15, 0.2) is 0 Å². The van der Waals surface area contributed by atoms with E-state index in [-0.39, 0.29) is 0 Å². The lowest BCUT2D eigenvalue weighted by atomic mass is 10.2. The Labute approximate surface area is 123 Å². The highest BCUT2D eigenvalue weighted by atomic mass is 15.4. The van der Waals surface area contributed by atoms with E-state index in [2.05, 4.69) is 44.9 Å². The van der Waals surface area contributed by atoms with Crippen LogP contribution in [0.15, 0.2) is 55.4 Å². The van der Waals surface area contributed by atoms with E-state index < -0.39 is 0 Å². The van der Waals surface area contributed by atoms with Crippen LogP contribution in [0, 0.1) is 0 Å². The fourth-order valence-corrected chi connectivity index (χ4v) is 2.15. The van der Waals surface area contributed by atoms with Crippen molar-refractivity contribution in [2.75, 3.05) is 6.54 Å². The van der Waals surface area contributed by atoms with Gasteiger partial charge in [-0.3, -0.25) is 4.68 Å². The fraction of sp³-hybridized carbons (Fsp3) is 0.267. The fourth-order valence-electron chi connectivity index (χ4n) is 2.15. The molecule has 3 aromatic rings. The van der Waals surface area contributed by atoms with Crippen molar-refractivity contribution < 1.29 is 0 Å². The molecular weight excluding hydrogens is 264 g/mol. The summed E-state index contributed by atoms with van der Waals surface area (Å²) in [5.41, 5.74) is 2.40. The van der Waals surface area contributed by atoms with Gasteiger partial charge in [0.2, 0.25) is 0 Å². The summed E-state index contributed by atoms with van der Waals surface area (Å²) in [6, 6.07) is 8.49. The van der Waals surface area contributed by atoms with Crippen molar-refractivity contribution in [2.45, 2.75) is 19.5 Å². The van der Waals surface area contributed by atoms with Crippen LogP contribution >= 0.6 is 0 Å². The molecule has 1 N–H and O–H groups in total. The summed E-state index contributed by atoms with van der Waals surface area (Å²) in [4.78, 5) is 4.05. The third-order valence-corrected chi connectivity index (χ3v) is 3.28. The van der Waals surface area contributed by atoms with Crippen LogP contribution in [0.2, 0.25) is 0 Å². The van der Waals surface area contributed by atoms with Gasteiger partial charge < -0.3 is 9.88 Å². The van der Waals surface area contributed by atoms with E-state index in [1.54, 1.807) is 18.7 Å². The van der Waals surface area contributed by atoms with Crippen molar-refractivity contribution in [1.29, 1.82) is 0 Å². The molecule has 0 spiro atoms. The van der Waals surface area contributed by atoms with Gasteiger partial charge in [0.05, 0.1) is 12.5 Å². The Balaban J connectivity index is 1.41. The lowest BCUT2D eigenvalue weighted by Crippen LogP contribution is -2.16. The molecule has 0 aliphatic carbocycles. The number of imidazole rings is 1. The Hall–Kier alpha value is -2.47. The van der Waals surface area contributed by atoms with E-state index >= 15 is 0 Å². The number of rotatable bonds is 7. The maximum atomic E-state index is 4.05. The monoisotopic (exact) mass is 282 g/mol. The highest BCUT2D eigenvalue weighted by Crippen LogP contribution is 2.09. The average molecular weight is 282 g/mol. The van der Waals surface area contributed by atoms with Gasteiger partial charge >= 0.3 is 0 Å². The van der Waals surface area contributed by atoms with Crippen LogP contribution in [0.4, 0.5) is 0 Å². The number of nitrogens with one attached hydrogen (secondary N) is 1. The van der Waals surface area contributed by atoms with E-state index in [4.69, 9.17) is 0 Å². The summed E-state index contributed by atoms with van der Waals surface area (Å²) in [5, 5.41) is 11.2. The summed E-state index contributed by atoms with van der Waals surface area (Å²) >= 11 is 0. The molecule has 0 aliphatic rings. The molecule has 2 aromatic heterocycles. The van der Waals surface area contributed by atoms with Crippen molar-refractivity contribution in [2.24, 2.45) is 0 Å². The first kappa shape index (κ1) is 13.5. The smallest absolute Gasteiger partial charge is 0.0991 e. The summed E-state index contributed by atoms with van der Waals surface area (Å²) in [6.45, 7) is 2.73. The van der Waals surface area contributed by atoms with E-state index in [0.717, 1.165) is 31.7 Å². The van der Waals surface area contributed by atoms with Crippen LogP contribution in [0.25, 0.3) is 5.69 Å². The van der Waals surface area contributed by atoms with Gasteiger partial charge in [-0.05, 0) is 30.7 Å². The van der Waals surface area contributed by atoms with E-state index in [1.807, 2.05) is 21.6 Å². The quantitative estimate of drug-likeness (QED) is 0.669. The molecule has 2 heterocycles. The molecule has 0 amide bonds. The zero-order valence-corrected chi connectivity index (χ0v) is 11.8. The van der Waals surface area contributed by atoms with Crippen molar-refractivity contribution in [1.82, 2.24) is 29.9 Å². The summed E-state index contributed by atoms with van der Waals surface area (Å²) < 4.78 is 3.84. The molecule has 1 aromatic carbocycles. The van der Waals surface area contributed by atoms with Crippen molar-refractivity contribution in [3.63, 3.8) is 0 Å². The molecule has 0 radical (unpaired) electrons. The standard InChI is InChI=1S/C15H18N6/c1(9-21-11-8-18-19-21)6-16-12-14-2-4-15(5-3-14)20-10-7-17-13-20/h2-5,7-8,10-11,13,16H,1,6,9,12H2. The van der Waals surface area contributed by atoms with Gasteiger partial charge in [-0.2, -0.15) is 0 Å². The molecule has 0 atom stereocenters. The normalized spacial score (nSPS) is 10.9. The van der Waals surface area contributed by atoms with Gasteiger partial charge in [0, 0.05) is 37.4 Å². The van der Waals surface area contributed by atoms with Gasteiger partial charge in [0.1, 0.15) is 0 Å². The first-order chi connectivity index (χ1) is 10.4. The van der Waals surface area contributed by atoms with Crippen LogP contribution in [0.3, 0.4) is 0 Å². The molecule has 0 aliphatic heterocycles. The minimum absolute atomic E-state index is 0.877. The van der Waals surface area contributed by atoms with Gasteiger partial charge in [0.25, 0.3) is 0 Å². The molecular formula is C15H18N6. The Morgan fingerprint density at radius 2 is 1.95 bits per heavy atom. The first-order valence-electron chi connectivity index (χ1n) is 7.04. The second-order valence-electron chi connectivity index (χ2n) is 4.83. The van der Waals surface area contributed by atoms with Gasteiger partial charge in [-0.15, -0.1) is 5.10 Å². The maximum Gasteiger partial charge on any atom is 0.0991 e. The zero-order valence-electron chi connectivity index (χ0n) is 11.8. The largest absolute Gasteiger partial charge is 0.313 e. The number of hydrogen-bond acceptors (Lipinski definition) is 4. The molecule has 3 rings (SSSR count). The summed E-state index contributed by atoms with van der Waals surface area (Å²) in [5.74, 6) is 0. The van der Waals surface area contributed by atoms with Crippen molar-refractivity contribution in [3.05, 3.63) is 60.9 Å². The second kappa shape index (κ2) is 6.81. The van der Waals surface area contributed by atoms with Crippen LogP contribution in [-0.2, 0) is 13.1 Å². The van der Waals surface area contributed by atoms with Crippen LogP contribution in [0.1, 0.15) is 12.0 Å². The van der Waals surface area contributed by atoms with E-state index in [0.29, 0.717) is 0 Å². The number of benzene rings is 1. The van der Waals surface area contributed by atoms with Crippen LogP contribution in [-0.4, -0.2) is 31.1 Å². The number of nitrogens with zero attached hydrogens (tertiary/aromatic N) is 5. The highest BCUT2D eigenvalue weighted by molar-refractivity contribution is 5.34. The minimum Gasteiger partial charge on any atom is -0.313 e. The lowest BCUT2D eigenvalue weighted by Gasteiger charge is -2.07. The number of aryl methyl sites for hydroxylation is 1. The molecule has 0 fully saturated rings. The molecule has 0 saturated heterocycles. The molecule has 0 saturated carbocycles. The zero-order chi connectivity index (χ0) is 14.3. The van der Waals surface area contributed by atoms with Gasteiger partial charge in [-0.1, -0.05) is 17.3 Å². The molecule has 6 nitrogen and oxygen atoms in total. The third kappa shape index (κ3) is 3.76. The van der Waals surface area contributed by atoms with E-state index in [1.165, 1.54) is 5.56 Å². The molecule has 0 bridgehead atoms. The summed E-state index contributed by atoms with van der Waals surface area (Å²) in [6.07, 6.45) is 10.2. The molecule has 6 heteroatoms. The topological polar surface area (TPSA) is 60.6 Å². The lowest BCUT2D eigenvalue weighted by molar-refractivity contribution is 0.530. The highest BCUT2D eigenvalue weighted by Gasteiger charge is 1.97. The second-order valence-corrected chi connectivity index (χ2v) is 4.83. The Kier molecular flexibility index (Phi) is 4.38. The first-order valence-corrected chi connectivity index (χ1v) is 7.04. The minimum atomic E-state index is 0.877. The van der Waals surface area contributed by atoms with Crippen LogP contribution < -0.4 is 5.32 Å². The van der Waals surface area contributed by atoms with E-state index in [9.17, 15) is 0 Å². The average Bonchev–Trinajstić information content (AvgIpc) is 3.21.